The average Bonchev–Trinajstić information content (AvgIpc) is 3.40. The number of nitrogens with zero attached hydrogens (tertiary/aromatic N) is 5. The van der Waals surface area contributed by atoms with Gasteiger partial charge >= 0.3 is 0 Å². The van der Waals surface area contributed by atoms with Gasteiger partial charge in [0.25, 0.3) is 0 Å². The van der Waals surface area contributed by atoms with Gasteiger partial charge in [-0.3, -0.25) is 4.79 Å². The van der Waals surface area contributed by atoms with E-state index in [1.807, 2.05) is 59.2 Å². The molecule has 0 aliphatic carbocycles. The van der Waals surface area contributed by atoms with Crippen LogP contribution in [0.1, 0.15) is 18.3 Å². The number of benzene rings is 2. The average molecular weight is 493 g/mol. The lowest BCUT2D eigenvalue weighted by Crippen LogP contribution is -2.11. The number of carbonyl (C=O) groups excluding carboxylic acids is 1. The number of aromatic nitrogens is 4. The fraction of sp³-hybridized carbons (Fsp3) is 0.174. The van der Waals surface area contributed by atoms with Crippen LogP contribution in [0.25, 0.3) is 10.2 Å². The van der Waals surface area contributed by atoms with Crippen LogP contribution in [-0.4, -0.2) is 31.3 Å². The van der Waals surface area contributed by atoms with Gasteiger partial charge in [-0.1, -0.05) is 66.0 Å². The molecule has 0 radical (unpaired) electrons. The van der Waals surface area contributed by atoms with Gasteiger partial charge in [-0.2, -0.15) is 5.26 Å². The van der Waals surface area contributed by atoms with Crippen LogP contribution in [0.15, 0.2) is 75.4 Å². The molecule has 4 rings (SSSR count). The van der Waals surface area contributed by atoms with Crippen molar-refractivity contribution in [1.29, 1.82) is 5.26 Å². The van der Waals surface area contributed by atoms with Crippen molar-refractivity contribution in [2.45, 2.75) is 28.7 Å². The third-order valence-electron chi connectivity index (χ3n) is 4.69. The Morgan fingerprint density at radius 2 is 1.88 bits per heavy atom. The quantitative estimate of drug-likeness (QED) is 0.204. The summed E-state index contributed by atoms with van der Waals surface area (Å²) < 4.78 is 4.13. The summed E-state index contributed by atoms with van der Waals surface area (Å²) in [7, 11) is 0. The molecule has 0 fully saturated rings. The van der Waals surface area contributed by atoms with E-state index in [1.54, 1.807) is 30.0 Å². The summed E-state index contributed by atoms with van der Waals surface area (Å²) in [4.78, 5) is 17.1. The van der Waals surface area contributed by atoms with E-state index in [-0.39, 0.29) is 22.8 Å². The molecule has 4 aromatic rings. The predicted molar refractivity (Wildman–Crippen MR) is 133 cm³/mol. The molecule has 0 bridgehead atoms. The summed E-state index contributed by atoms with van der Waals surface area (Å²) in [5, 5.41) is 18.5. The van der Waals surface area contributed by atoms with Crippen molar-refractivity contribution < 1.29 is 4.79 Å². The van der Waals surface area contributed by atoms with Gasteiger partial charge in [0, 0.05) is 5.70 Å². The van der Waals surface area contributed by atoms with Crippen molar-refractivity contribution >= 4 is 50.9 Å². The summed E-state index contributed by atoms with van der Waals surface area (Å²) in [5.41, 5.74) is 7.97. The van der Waals surface area contributed by atoms with Crippen LogP contribution in [0.3, 0.4) is 0 Å². The molecule has 166 valence electrons. The number of para-hydroxylation sites is 1. The molecular formula is C23H20N6OS3. The molecule has 0 saturated heterocycles. The van der Waals surface area contributed by atoms with Crippen molar-refractivity contribution in [1.82, 2.24) is 19.7 Å². The molecule has 0 aliphatic heterocycles. The number of allylic oxidation sites excluding steroid dienone is 2. The number of carbonyl (C=O) groups is 1. The molecule has 2 heterocycles. The first kappa shape index (κ1) is 23.0. The maximum atomic E-state index is 12.4. The standard InChI is InChI=1S/C23H20N6OS3/c1-15(25)17(11-24)19(30)13-31-22-28-27-21(29(22)12-16-7-3-2-4-8-16)14-32-23-26-18-9-5-6-10-20(18)33-23/h2-10H,12-14,25H2,1H3/b17-15-. The largest absolute Gasteiger partial charge is 0.401 e. The minimum atomic E-state index is -0.317. The Bertz CT molecular complexity index is 1320. The Morgan fingerprint density at radius 1 is 1.12 bits per heavy atom. The van der Waals surface area contributed by atoms with E-state index in [0.717, 1.165) is 25.9 Å². The summed E-state index contributed by atoms with van der Waals surface area (Å²) in [6.07, 6.45) is 0. The lowest BCUT2D eigenvalue weighted by Gasteiger charge is -2.10. The molecule has 33 heavy (non-hydrogen) atoms. The highest BCUT2D eigenvalue weighted by Crippen LogP contribution is 2.32. The fourth-order valence-corrected chi connectivity index (χ4v) is 5.91. The van der Waals surface area contributed by atoms with Crippen LogP contribution < -0.4 is 5.73 Å². The molecule has 2 aromatic heterocycles. The molecule has 0 unspecified atom stereocenters. The van der Waals surface area contributed by atoms with Gasteiger partial charge in [0.2, 0.25) is 0 Å². The number of fused-ring (bicyclic) bond motifs is 1. The normalized spacial score (nSPS) is 11.9. The highest BCUT2D eigenvalue weighted by molar-refractivity contribution is 8.00. The first-order valence-corrected chi connectivity index (χ1v) is 12.8. The molecule has 0 spiro atoms. The number of Topliss-reactive ketones (excluding diaryl/α,β-unsaturated/α-hetero) is 1. The van der Waals surface area contributed by atoms with Crippen LogP contribution >= 0.6 is 34.9 Å². The lowest BCUT2D eigenvalue weighted by atomic mass is 10.2. The fourth-order valence-electron chi connectivity index (χ4n) is 3.07. The summed E-state index contributed by atoms with van der Waals surface area (Å²) in [6.45, 7) is 2.13. The Kier molecular flexibility index (Phi) is 7.44. The smallest absolute Gasteiger partial charge is 0.191 e. The zero-order valence-corrected chi connectivity index (χ0v) is 20.2. The van der Waals surface area contributed by atoms with Crippen LogP contribution in [0.5, 0.6) is 0 Å². The van der Waals surface area contributed by atoms with Gasteiger partial charge in [-0.15, -0.1) is 21.5 Å². The second-order valence-electron chi connectivity index (χ2n) is 7.09. The summed E-state index contributed by atoms with van der Waals surface area (Å²) in [6, 6.07) is 20.0. The number of thiazole rings is 1. The lowest BCUT2D eigenvalue weighted by molar-refractivity contribution is -0.112. The first-order chi connectivity index (χ1) is 16.0. The summed E-state index contributed by atoms with van der Waals surface area (Å²) >= 11 is 4.53. The van der Waals surface area contributed by atoms with Crippen molar-refractivity contribution in [2.75, 3.05) is 5.75 Å². The number of hydrogen-bond donors (Lipinski definition) is 1. The van der Waals surface area contributed by atoms with E-state index in [1.165, 1.54) is 11.8 Å². The topological polar surface area (TPSA) is 110 Å². The minimum absolute atomic E-state index is 0.0109. The van der Waals surface area contributed by atoms with Crippen LogP contribution in [0.4, 0.5) is 0 Å². The second-order valence-corrected chi connectivity index (χ2v) is 10.3. The molecule has 2 aromatic carbocycles. The van der Waals surface area contributed by atoms with E-state index < -0.39 is 0 Å². The maximum Gasteiger partial charge on any atom is 0.191 e. The van der Waals surface area contributed by atoms with Crippen LogP contribution in [0.2, 0.25) is 0 Å². The number of nitrogens with two attached hydrogens (primary N) is 1. The van der Waals surface area contributed by atoms with Crippen molar-refractivity contribution in [3.05, 3.63) is 77.3 Å². The van der Waals surface area contributed by atoms with Gasteiger partial charge in [-0.25, -0.2) is 4.98 Å². The second kappa shape index (κ2) is 10.7. The van der Waals surface area contributed by atoms with Gasteiger partial charge in [0.05, 0.1) is 28.3 Å². The maximum absolute atomic E-state index is 12.4. The molecular weight excluding hydrogens is 472 g/mol. The Labute approximate surface area is 203 Å². The van der Waals surface area contributed by atoms with Crippen LogP contribution in [-0.2, 0) is 17.1 Å². The minimum Gasteiger partial charge on any atom is -0.401 e. The molecule has 7 nitrogen and oxygen atoms in total. The highest BCUT2D eigenvalue weighted by atomic mass is 32.2. The van der Waals surface area contributed by atoms with Crippen molar-refractivity contribution in [3.8, 4) is 6.07 Å². The Hall–Kier alpha value is -3.13. The number of rotatable bonds is 9. The van der Waals surface area contributed by atoms with E-state index >= 15 is 0 Å². The van der Waals surface area contributed by atoms with Gasteiger partial charge in [0.1, 0.15) is 17.5 Å². The molecule has 0 amide bonds. The van der Waals surface area contributed by atoms with Gasteiger partial charge in [0.15, 0.2) is 15.3 Å². The van der Waals surface area contributed by atoms with Crippen LogP contribution in [0, 0.1) is 11.3 Å². The molecule has 10 heteroatoms. The number of thioether (sulfide) groups is 2. The van der Waals surface area contributed by atoms with Gasteiger partial charge in [-0.05, 0) is 24.6 Å². The van der Waals surface area contributed by atoms with Crippen molar-refractivity contribution in [3.63, 3.8) is 0 Å². The zero-order valence-electron chi connectivity index (χ0n) is 17.8. The Morgan fingerprint density at radius 3 is 2.61 bits per heavy atom. The number of nitriles is 1. The number of ketones is 1. The first-order valence-electron chi connectivity index (χ1n) is 10.0. The number of hydrogen-bond acceptors (Lipinski definition) is 9. The van der Waals surface area contributed by atoms with Gasteiger partial charge < -0.3 is 10.3 Å². The highest BCUT2D eigenvalue weighted by Gasteiger charge is 2.18. The third-order valence-corrected chi connectivity index (χ3v) is 7.84. The van der Waals surface area contributed by atoms with E-state index in [9.17, 15) is 10.1 Å². The van der Waals surface area contributed by atoms with E-state index in [2.05, 4.69) is 21.2 Å². The Balaban J connectivity index is 1.54. The molecule has 0 aliphatic rings. The SMILES string of the molecule is C/C(N)=C(\C#N)C(=O)CSc1nnc(CSc2nc3ccccc3s2)n1Cc1ccccc1. The molecule has 0 saturated carbocycles. The molecule has 0 atom stereocenters. The van der Waals surface area contributed by atoms with E-state index in [4.69, 9.17) is 5.73 Å². The zero-order chi connectivity index (χ0) is 23.2. The summed E-state index contributed by atoms with van der Waals surface area (Å²) in [5.74, 6) is 1.14. The van der Waals surface area contributed by atoms with E-state index in [0.29, 0.717) is 17.5 Å². The van der Waals surface area contributed by atoms with Crippen molar-refractivity contribution in [2.24, 2.45) is 5.73 Å². The molecule has 2 N–H and O–H groups in total. The third kappa shape index (κ3) is 5.63. The monoisotopic (exact) mass is 492 g/mol. The predicted octanol–water partition coefficient (Wildman–Crippen LogP) is 4.65.